The Kier molecular flexibility index (Phi) is 6.19. The Balaban J connectivity index is 2.42. The third-order valence-corrected chi connectivity index (χ3v) is 2.86. The number of likely N-dealkylation sites (N-methyl/N-ethyl adjacent to an activating group) is 2. The molecule has 3 nitrogen and oxygen atoms in total. The van der Waals surface area contributed by atoms with Crippen molar-refractivity contribution in [2.45, 2.75) is 39.3 Å². The average molecular weight is 224 g/mol. The van der Waals surface area contributed by atoms with Gasteiger partial charge in [0.15, 0.2) is 0 Å². The Bertz CT molecular complexity index is 259. The summed E-state index contributed by atoms with van der Waals surface area (Å²) in [6.07, 6.45) is 4.19. The molecular weight excluding hydrogens is 200 g/mol. The zero-order chi connectivity index (χ0) is 11.8. The summed E-state index contributed by atoms with van der Waals surface area (Å²) in [4.78, 5) is 2.37. The normalized spacial score (nSPS) is 13.2. The van der Waals surface area contributed by atoms with E-state index < -0.39 is 0 Å². The molecule has 0 fully saturated rings. The first-order valence-electron chi connectivity index (χ1n) is 6.21. The van der Waals surface area contributed by atoms with Crippen molar-refractivity contribution in [3.63, 3.8) is 0 Å². The molecule has 1 atom stereocenters. The SMILES string of the molecule is CCCC(CNCC)N(C)Cc1ccco1. The summed E-state index contributed by atoms with van der Waals surface area (Å²) in [5, 5.41) is 3.42. The van der Waals surface area contributed by atoms with Gasteiger partial charge in [-0.1, -0.05) is 20.3 Å². The van der Waals surface area contributed by atoms with Crippen LogP contribution in [0.5, 0.6) is 0 Å². The van der Waals surface area contributed by atoms with E-state index in [1.54, 1.807) is 6.26 Å². The van der Waals surface area contributed by atoms with Crippen LogP contribution in [0.4, 0.5) is 0 Å². The van der Waals surface area contributed by atoms with E-state index in [1.165, 1.54) is 12.8 Å². The number of hydrogen-bond donors (Lipinski definition) is 1. The molecule has 1 N–H and O–H groups in total. The van der Waals surface area contributed by atoms with Crippen LogP contribution < -0.4 is 5.32 Å². The predicted molar refractivity (Wildman–Crippen MR) is 67.4 cm³/mol. The molecule has 0 spiro atoms. The second kappa shape index (κ2) is 7.47. The van der Waals surface area contributed by atoms with Gasteiger partial charge in [0.25, 0.3) is 0 Å². The first-order valence-corrected chi connectivity index (χ1v) is 6.21. The lowest BCUT2D eigenvalue weighted by Crippen LogP contribution is -2.39. The molecular formula is C13H24N2O. The van der Waals surface area contributed by atoms with Crippen molar-refractivity contribution in [2.24, 2.45) is 0 Å². The summed E-state index contributed by atoms with van der Waals surface area (Å²) in [6.45, 7) is 7.37. The van der Waals surface area contributed by atoms with Crippen LogP contribution in [-0.4, -0.2) is 31.1 Å². The largest absolute Gasteiger partial charge is 0.468 e. The molecule has 3 heteroatoms. The number of rotatable bonds is 8. The van der Waals surface area contributed by atoms with Gasteiger partial charge in [0.05, 0.1) is 12.8 Å². The van der Waals surface area contributed by atoms with Gasteiger partial charge in [0, 0.05) is 12.6 Å². The second-order valence-electron chi connectivity index (χ2n) is 4.24. The minimum absolute atomic E-state index is 0.593. The molecule has 0 aromatic carbocycles. The van der Waals surface area contributed by atoms with E-state index in [2.05, 4.69) is 31.1 Å². The summed E-state index contributed by atoms with van der Waals surface area (Å²) in [6, 6.07) is 4.57. The third-order valence-electron chi connectivity index (χ3n) is 2.86. The van der Waals surface area contributed by atoms with Gasteiger partial charge in [0.2, 0.25) is 0 Å². The third kappa shape index (κ3) is 4.37. The lowest BCUT2D eigenvalue weighted by Gasteiger charge is -2.27. The molecule has 1 unspecified atom stereocenters. The summed E-state index contributed by atoms with van der Waals surface area (Å²) >= 11 is 0. The molecule has 0 saturated carbocycles. The maximum Gasteiger partial charge on any atom is 0.117 e. The van der Waals surface area contributed by atoms with Crippen LogP contribution in [0.25, 0.3) is 0 Å². The Morgan fingerprint density at radius 1 is 1.44 bits per heavy atom. The Hall–Kier alpha value is -0.800. The van der Waals surface area contributed by atoms with Crippen molar-refractivity contribution in [1.29, 1.82) is 0 Å². The first kappa shape index (κ1) is 13.3. The fraction of sp³-hybridized carbons (Fsp3) is 0.692. The zero-order valence-electron chi connectivity index (χ0n) is 10.7. The molecule has 0 radical (unpaired) electrons. The van der Waals surface area contributed by atoms with Crippen molar-refractivity contribution in [3.8, 4) is 0 Å². The average Bonchev–Trinajstić information content (AvgIpc) is 2.76. The van der Waals surface area contributed by atoms with Gasteiger partial charge in [-0.2, -0.15) is 0 Å². The van der Waals surface area contributed by atoms with Gasteiger partial charge >= 0.3 is 0 Å². The highest BCUT2D eigenvalue weighted by atomic mass is 16.3. The Labute approximate surface area is 98.8 Å². The monoisotopic (exact) mass is 224 g/mol. The van der Waals surface area contributed by atoms with Crippen LogP contribution >= 0.6 is 0 Å². The summed E-state index contributed by atoms with van der Waals surface area (Å²) in [7, 11) is 2.17. The van der Waals surface area contributed by atoms with Gasteiger partial charge in [-0.05, 0) is 32.1 Å². The standard InChI is InChI=1S/C13H24N2O/c1-4-7-12(10-14-5-2)15(3)11-13-8-6-9-16-13/h6,8-9,12,14H,4-5,7,10-11H2,1-3H3. The lowest BCUT2D eigenvalue weighted by atomic mass is 10.1. The predicted octanol–water partition coefficient (Wildman–Crippen LogP) is 2.49. The molecule has 0 amide bonds. The maximum absolute atomic E-state index is 5.37. The maximum atomic E-state index is 5.37. The van der Waals surface area contributed by atoms with Gasteiger partial charge in [-0.15, -0.1) is 0 Å². The molecule has 92 valence electrons. The molecule has 0 aliphatic heterocycles. The van der Waals surface area contributed by atoms with E-state index >= 15 is 0 Å². The molecule has 1 aromatic rings. The Morgan fingerprint density at radius 2 is 2.25 bits per heavy atom. The van der Waals surface area contributed by atoms with E-state index in [0.29, 0.717) is 6.04 Å². The van der Waals surface area contributed by atoms with Crippen molar-refractivity contribution in [3.05, 3.63) is 24.2 Å². The quantitative estimate of drug-likeness (QED) is 0.735. The van der Waals surface area contributed by atoms with Crippen LogP contribution in [0.2, 0.25) is 0 Å². The Morgan fingerprint density at radius 3 is 2.81 bits per heavy atom. The number of nitrogens with zero attached hydrogens (tertiary/aromatic N) is 1. The highest BCUT2D eigenvalue weighted by molar-refractivity contribution is 4.98. The van der Waals surface area contributed by atoms with Crippen LogP contribution in [0.1, 0.15) is 32.4 Å². The second-order valence-corrected chi connectivity index (χ2v) is 4.24. The minimum Gasteiger partial charge on any atom is -0.468 e. The smallest absolute Gasteiger partial charge is 0.117 e. The minimum atomic E-state index is 0.593. The highest BCUT2D eigenvalue weighted by Crippen LogP contribution is 2.10. The van der Waals surface area contributed by atoms with Crippen molar-refractivity contribution < 1.29 is 4.42 Å². The molecule has 1 heterocycles. The van der Waals surface area contributed by atoms with Gasteiger partial charge in [0.1, 0.15) is 5.76 Å². The summed E-state index contributed by atoms with van der Waals surface area (Å²) in [5.74, 6) is 1.04. The van der Waals surface area contributed by atoms with Crippen molar-refractivity contribution >= 4 is 0 Å². The van der Waals surface area contributed by atoms with Crippen LogP contribution in [0.15, 0.2) is 22.8 Å². The molecule has 0 saturated heterocycles. The van der Waals surface area contributed by atoms with E-state index in [0.717, 1.165) is 25.4 Å². The number of furan rings is 1. The summed E-state index contributed by atoms with van der Waals surface area (Å²) in [5.41, 5.74) is 0. The van der Waals surface area contributed by atoms with Crippen LogP contribution in [-0.2, 0) is 6.54 Å². The van der Waals surface area contributed by atoms with E-state index in [-0.39, 0.29) is 0 Å². The van der Waals surface area contributed by atoms with Crippen molar-refractivity contribution in [2.75, 3.05) is 20.1 Å². The topological polar surface area (TPSA) is 28.4 Å². The fourth-order valence-electron chi connectivity index (χ4n) is 1.90. The molecule has 16 heavy (non-hydrogen) atoms. The molecule has 0 aliphatic rings. The molecule has 0 bridgehead atoms. The number of hydrogen-bond acceptors (Lipinski definition) is 3. The summed E-state index contributed by atoms with van der Waals surface area (Å²) < 4.78 is 5.37. The van der Waals surface area contributed by atoms with E-state index in [4.69, 9.17) is 4.42 Å². The fourth-order valence-corrected chi connectivity index (χ4v) is 1.90. The van der Waals surface area contributed by atoms with Crippen LogP contribution in [0.3, 0.4) is 0 Å². The highest BCUT2D eigenvalue weighted by Gasteiger charge is 2.14. The number of nitrogens with one attached hydrogen (secondary N) is 1. The van der Waals surface area contributed by atoms with Gasteiger partial charge < -0.3 is 9.73 Å². The zero-order valence-corrected chi connectivity index (χ0v) is 10.7. The lowest BCUT2D eigenvalue weighted by molar-refractivity contribution is 0.201. The van der Waals surface area contributed by atoms with Crippen molar-refractivity contribution in [1.82, 2.24) is 10.2 Å². The first-order chi connectivity index (χ1) is 7.77. The molecule has 1 rings (SSSR count). The van der Waals surface area contributed by atoms with Gasteiger partial charge in [-0.25, -0.2) is 0 Å². The van der Waals surface area contributed by atoms with E-state index in [9.17, 15) is 0 Å². The van der Waals surface area contributed by atoms with Gasteiger partial charge in [-0.3, -0.25) is 4.90 Å². The van der Waals surface area contributed by atoms with Crippen LogP contribution in [0, 0.1) is 0 Å². The molecule has 0 aliphatic carbocycles. The van der Waals surface area contributed by atoms with E-state index in [1.807, 2.05) is 12.1 Å². The molecule has 1 aromatic heterocycles.